The van der Waals surface area contributed by atoms with Gasteiger partial charge in [0.2, 0.25) is 5.91 Å². The van der Waals surface area contributed by atoms with Crippen LogP contribution in [0, 0.1) is 13.8 Å². The van der Waals surface area contributed by atoms with Crippen LogP contribution in [0.3, 0.4) is 0 Å². The quantitative estimate of drug-likeness (QED) is 0.604. The summed E-state index contributed by atoms with van der Waals surface area (Å²) < 4.78 is 7.34. The van der Waals surface area contributed by atoms with Gasteiger partial charge in [0.25, 0.3) is 0 Å². The van der Waals surface area contributed by atoms with E-state index < -0.39 is 0 Å². The average molecular weight is 410 g/mol. The summed E-state index contributed by atoms with van der Waals surface area (Å²) in [6.45, 7) is 6.62. The van der Waals surface area contributed by atoms with E-state index in [9.17, 15) is 4.79 Å². The summed E-state index contributed by atoms with van der Waals surface area (Å²) >= 11 is 1.41. The molecule has 4 rings (SSSR count). The maximum atomic E-state index is 12.6. The van der Waals surface area contributed by atoms with Crippen molar-refractivity contribution in [3.8, 4) is 17.1 Å². The highest BCUT2D eigenvalue weighted by atomic mass is 32.2. The molecule has 0 saturated carbocycles. The smallest absolute Gasteiger partial charge is 0.233 e. The first-order valence-corrected chi connectivity index (χ1v) is 10.5. The molecule has 3 aromatic rings. The minimum absolute atomic E-state index is 0.0937. The van der Waals surface area contributed by atoms with Crippen LogP contribution in [0.4, 0.5) is 0 Å². The molecule has 0 radical (unpaired) electrons. The fourth-order valence-corrected chi connectivity index (χ4v) is 4.24. The average Bonchev–Trinajstić information content (AvgIpc) is 3.16. The van der Waals surface area contributed by atoms with Gasteiger partial charge in [0, 0.05) is 31.0 Å². The van der Waals surface area contributed by atoms with Crippen molar-refractivity contribution in [2.75, 3.05) is 32.1 Å². The molecule has 1 amide bonds. The molecule has 1 fully saturated rings. The molecule has 0 aliphatic carbocycles. The first-order chi connectivity index (χ1) is 14.1. The normalized spacial score (nSPS) is 14.2. The number of aryl methyl sites for hydroxylation is 2. The second kappa shape index (κ2) is 8.75. The van der Waals surface area contributed by atoms with Gasteiger partial charge in [-0.3, -0.25) is 14.3 Å². The van der Waals surface area contributed by atoms with Crippen molar-refractivity contribution in [2.24, 2.45) is 0 Å². The highest BCUT2D eigenvalue weighted by Crippen LogP contribution is 2.28. The molecular formula is C21H23N5O2S. The lowest BCUT2D eigenvalue weighted by molar-refractivity contribution is -0.132. The van der Waals surface area contributed by atoms with E-state index in [0.717, 1.165) is 22.4 Å². The van der Waals surface area contributed by atoms with E-state index in [1.165, 1.54) is 11.8 Å². The molecule has 150 valence electrons. The number of rotatable bonds is 5. The van der Waals surface area contributed by atoms with Crippen molar-refractivity contribution in [2.45, 2.75) is 19.0 Å². The van der Waals surface area contributed by atoms with Crippen LogP contribution in [-0.2, 0) is 9.53 Å². The highest BCUT2D eigenvalue weighted by Gasteiger charge is 2.21. The topological polar surface area (TPSA) is 73.1 Å². The lowest BCUT2D eigenvalue weighted by atomic mass is 10.1. The van der Waals surface area contributed by atoms with Crippen LogP contribution >= 0.6 is 11.8 Å². The zero-order valence-electron chi connectivity index (χ0n) is 16.5. The molecule has 0 N–H and O–H groups in total. The van der Waals surface area contributed by atoms with E-state index in [1.54, 1.807) is 12.4 Å². The number of ether oxygens (including phenoxy) is 1. The highest BCUT2D eigenvalue weighted by molar-refractivity contribution is 7.99. The van der Waals surface area contributed by atoms with Gasteiger partial charge in [-0.25, -0.2) is 0 Å². The van der Waals surface area contributed by atoms with Crippen LogP contribution in [0.2, 0.25) is 0 Å². The first-order valence-electron chi connectivity index (χ1n) is 9.54. The Labute approximate surface area is 174 Å². The third-order valence-electron chi connectivity index (χ3n) is 4.71. The summed E-state index contributed by atoms with van der Waals surface area (Å²) in [4.78, 5) is 18.6. The maximum Gasteiger partial charge on any atom is 0.233 e. The Morgan fingerprint density at radius 3 is 2.59 bits per heavy atom. The van der Waals surface area contributed by atoms with Crippen molar-refractivity contribution in [3.05, 3.63) is 53.9 Å². The van der Waals surface area contributed by atoms with Crippen LogP contribution in [-0.4, -0.2) is 62.6 Å². The molecule has 8 heteroatoms. The number of hydrogen-bond acceptors (Lipinski definition) is 6. The minimum Gasteiger partial charge on any atom is -0.378 e. The number of morpholine rings is 1. The Morgan fingerprint density at radius 2 is 1.90 bits per heavy atom. The van der Waals surface area contributed by atoms with Crippen LogP contribution in [0.25, 0.3) is 17.1 Å². The third-order valence-corrected chi connectivity index (χ3v) is 5.62. The van der Waals surface area contributed by atoms with E-state index in [4.69, 9.17) is 4.74 Å². The van der Waals surface area contributed by atoms with Gasteiger partial charge in [0.05, 0.1) is 24.7 Å². The summed E-state index contributed by atoms with van der Waals surface area (Å²) in [5.74, 6) is 1.12. The Kier molecular flexibility index (Phi) is 5.92. The third kappa shape index (κ3) is 4.49. The molecule has 7 nitrogen and oxygen atoms in total. The number of amides is 1. The van der Waals surface area contributed by atoms with Crippen molar-refractivity contribution in [3.63, 3.8) is 0 Å². The summed E-state index contributed by atoms with van der Waals surface area (Å²) in [5.41, 5.74) is 4.18. The Morgan fingerprint density at radius 1 is 1.14 bits per heavy atom. The largest absolute Gasteiger partial charge is 0.378 e. The van der Waals surface area contributed by atoms with Crippen molar-refractivity contribution in [1.82, 2.24) is 24.6 Å². The van der Waals surface area contributed by atoms with E-state index in [1.807, 2.05) is 21.6 Å². The number of pyridine rings is 1. The van der Waals surface area contributed by atoms with E-state index in [2.05, 4.69) is 47.2 Å². The van der Waals surface area contributed by atoms with Crippen LogP contribution in [0.5, 0.6) is 0 Å². The molecular weight excluding hydrogens is 386 g/mol. The minimum atomic E-state index is 0.0937. The number of nitrogens with zero attached hydrogens (tertiary/aromatic N) is 5. The van der Waals surface area contributed by atoms with Gasteiger partial charge < -0.3 is 9.64 Å². The zero-order chi connectivity index (χ0) is 20.2. The number of benzene rings is 1. The molecule has 1 aromatic carbocycles. The summed E-state index contributed by atoms with van der Waals surface area (Å²) in [6.07, 6.45) is 3.51. The molecule has 29 heavy (non-hydrogen) atoms. The maximum absolute atomic E-state index is 12.6. The molecule has 0 atom stereocenters. The van der Waals surface area contributed by atoms with Crippen LogP contribution in [0.1, 0.15) is 11.1 Å². The molecule has 1 aliphatic heterocycles. The fourth-order valence-electron chi connectivity index (χ4n) is 3.39. The lowest BCUT2D eigenvalue weighted by Crippen LogP contribution is -2.41. The lowest BCUT2D eigenvalue weighted by Gasteiger charge is -2.26. The van der Waals surface area contributed by atoms with Gasteiger partial charge in [0.15, 0.2) is 11.0 Å². The molecule has 0 spiro atoms. The fraction of sp³-hybridized carbons (Fsp3) is 0.333. The van der Waals surface area contributed by atoms with E-state index in [0.29, 0.717) is 43.0 Å². The monoisotopic (exact) mass is 409 g/mol. The van der Waals surface area contributed by atoms with Crippen molar-refractivity contribution < 1.29 is 9.53 Å². The summed E-state index contributed by atoms with van der Waals surface area (Å²) in [5, 5.41) is 9.51. The zero-order valence-corrected chi connectivity index (χ0v) is 17.4. The van der Waals surface area contributed by atoms with Crippen LogP contribution < -0.4 is 0 Å². The van der Waals surface area contributed by atoms with Gasteiger partial charge >= 0.3 is 0 Å². The molecule has 1 aliphatic rings. The molecule has 3 heterocycles. The van der Waals surface area contributed by atoms with Crippen molar-refractivity contribution >= 4 is 17.7 Å². The van der Waals surface area contributed by atoms with E-state index in [-0.39, 0.29) is 5.91 Å². The van der Waals surface area contributed by atoms with Gasteiger partial charge in [-0.1, -0.05) is 17.8 Å². The Hall–Kier alpha value is -2.71. The molecule has 0 unspecified atom stereocenters. The molecule has 2 aromatic heterocycles. The van der Waals surface area contributed by atoms with Gasteiger partial charge in [-0.05, 0) is 49.2 Å². The summed E-state index contributed by atoms with van der Waals surface area (Å²) in [6, 6.07) is 10.2. The second-order valence-electron chi connectivity index (χ2n) is 7.01. The number of carbonyl (C=O) groups excluding carboxylic acids is 1. The molecule has 1 saturated heterocycles. The SMILES string of the molecule is Cc1cc(C)cc(-n2c(SCC(=O)N3CCOCC3)nnc2-c2cccnc2)c1. The first kappa shape index (κ1) is 19.6. The Bertz CT molecular complexity index is 979. The van der Waals surface area contributed by atoms with Crippen molar-refractivity contribution in [1.29, 1.82) is 0 Å². The van der Waals surface area contributed by atoms with Crippen LogP contribution in [0.15, 0.2) is 47.9 Å². The number of hydrogen-bond donors (Lipinski definition) is 0. The van der Waals surface area contributed by atoms with Gasteiger partial charge in [-0.15, -0.1) is 10.2 Å². The van der Waals surface area contributed by atoms with Gasteiger partial charge in [0.1, 0.15) is 0 Å². The number of carbonyl (C=O) groups is 1. The predicted molar refractivity (Wildman–Crippen MR) is 112 cm³/mol. The standard InChI is InChI=1S/C21H23N5O2S/c1-15-10-16(2)12-18(11-15)26-20(17-4-3-5-22-13-17)23-24-21(26)29-14-19(27)25-6-8-28-9-7-25/h3-5,10-13H,6-9,14H2,1-2H3. The van der Waals surface area contributed by atoms with Gasteiger partial charge in [-0.2, -0.15) is 0 Å². The van der Waals surface area contributed by atoms with E-state index >= 15 is 0 Å². The predicted octanol–water partition coefficient (Wildman–Crippen LogP) is 2.90. The Balaban J connectivity index is 1.66. The number of aromatic nitrogens is 4. The molecule has 0 bridgehead atoms. The number of thioether (sulfide) groups is 1. The second-order valence-corrected chi connectivity index (χ2v) is 7.95. The summed E-state index contributed by atoms with van der Waals surface area (Å²) in [7, 11) is 0.